The highest BCUT2D eigenvalue weighted by Gasteiger charge is 2.08. The molecule has 0 aliphatic carbocycles. The Kier molecular flexibility index (Phi) is 2.94. The first kappa shape index (κ1) is 9.35. The maximum absolute atomic E-state index is 5.72. The van der Waals surface area contributed by atoms with Gasteiger partial charge >= 0.3 is 0 Å². The van der Waals surface area contributed by atoms with Crippen LogP contribution in [0.5, 0.6) is 0 Å². The van der Waals surface area contributed by atoms with Crippen molar-refractivity contribution in [1.29, 1.82) is 0 Å². The van der Waals surface area contributed by atoms with Crippen LogP contribution in [-0.2, 0) is 11.3 Å². The van der Waals surface area contributed by atoms with Gasteiger partial charge in [0.15, 0.2) is 5.15 Å². The lowest BCUT2D eigenvalue weighted by Crippen LogP contribution is -2.07. The summed E-state index contributed by atoms with van der Waals surface area (Å²) in [6.45, 7) is 3.17. The molecule has 0 aromatic carbocycles. The van der Waals surface area contributed by atoms with Gasteiger partial charge in [-0.1, -0.05) is 11.6 Å². The second-order valence-electron chi connectivity index (χ2n) is 2.51. The van der Waals surface area contributed by atoms with E-state index in [4.69, 9.17) is 22.1 Å². The molecule has 0 radical (unpaired) electrons. The molecule has 1 aromatic rings. The fraction of sp³-hybridized carbons (Fsp3) is 0.571. The maximum Gasteiger partial charge on any atom is 0.174 e. The SMILES string of the molecule is COCCn1nc(Cl)c(N)c1C. The molecule has 2 N–H and O–H groups in total. The van der Waals surface area contributed by atoms with Gasteiger partial charge in [0.25, 0.3) is 0 Å². The van der Waals surface area contributed by atoms with Crippen LogP contribution < -0.4 is 5.73 Å². The van der Waals surface area contributed by atoms with Crippen molar-refractivity contribution in [2.75, 3.05) is 19.5 Å². The van der Waals surface area contributed by atoms with Crippen molar-refractivity contribution in [2.45, 2.75) is 13.5 Å². The number of halogens is 1. The van der Waals surface area contributed by atoms with E-state index < -0.39 is 0 Å². The predicted octanol–water partition coefficient (Wildman–Crippen LogP) is 1.07. The molecule has 0 amide bonds. The quantitative estimate of drug-likeness (QED) is 0.774. The average Bonchev–Trinajstić information content (AvgIpc) is 2.30. The number of aromatic nitrogens is 2. The van der Waals surface area contributed by atoms with Crippen LogP contribution in [0, 0.1) is 6.92 Å². The van der Waals surface area contributed by atoms with Crippen LogP contribution in [0.25, 0.3) is 0 Å². The van der Waals surface area contributed by atoms with Gasteiger partial charge in [0.2, 0.25) is 0 Å². The summed E-state index contributed by atoms with van der Waals surface area (Å²) >= 11 is 5.72. The third-order valence-corrected chi connectivity index (χ3v) is 1.99. The van der Waals surface area contributed by atoms with Crippen molar-refractivity contribution in [1.82, 2.24) is 9.78 Å². The summed E-state index contributed by atoms with van der Waals surface area (Å²) in [6.07, 6.45) is 0. The minimum atomic E-state index is 0.364. The number of methoxy groups -OCH3 is 1. The van der Waals surface area contributed by atoms with E-state index in [1.54, 1.807) is 11.8 Å². The van der Waals surface area contributed by atoms with Crippen LogP contribution in [0.15, 0.2) is 0 Å². The highest BCUT2D eigenvalue weighted by Crippen LogP contribution is 2.20. The maximum atomic E-state index is 5.72. The molecule has 0 saturated heterocycles. The van der Waals surface area contributed by atoms with E-state index in [9.17, 15) is 0 Å². The molecule has 0 saturated carbocycles. The Bertz CT molecular complexity index is 272. The average molecular weight is 190 g/mol. The van der Waals surface area contributed by atoms with Gasteiger partial charge in [-0.2, -0.15) is 5.10 Å². The van der Waals surface area contributed by atoms with Gasteiger partial charge < -0.3 is 10.5 Å². The smallest absolute Gasteiger partial charge is 0.174 e. The van der Waals surface area contributed by atoms with Crippen LogP contribution in [0.2, 0.25) is 5.15 Å². The number of hydrogen-bond acceptors (Lipinski definition) is 3. The van der Waals surface area contributed by atoms with Gasteiger partial charge in [0.1, 0.15) is 0 Å². The molecule has 1 aromatic heterocycles. The number of hydrogen-bond donors (Lipinski definition) is 1. The molecule has 4 nitrogen and oxygen atoms in total. The molecule has 1 rings (SSSR count). The number of rotatable bonds is 3. The molecule has 12 heavy (non-hydrogen) atoms. The van der Waals surface area contributed by atoms with Crippen molar-refractivity contribution in [3.05, 3.63) is 10.8 Å². The number of anilines is 1. The lowest BCUT2D eigenvalue weighted by Gasteiger charge is -2.01. The standard InChI is InChI=1S/C7H12ClN3O/c1-5-6(9)7(8)10-11(5)3-4-12-2/h3-4,9H2,1-2H3. The molecule has 0 bridgehead atoms. The molecule has 0 fully saturated rings. The van der Waals surface area contributed by atoms with Gasteiger partial charge in [0, 0.05) is 7.11 Å². The van der Waals surface area contributed by atoms with Gasteiger partial charge in [-0.15, -0.1) is 0 Å². The van der Waals surface area contributed by atoms with E-state index in [-0.39, 0.29) is 0 Å². The molecule has 0 spiro atoms. The topological polar surface area (TPSA) is 53.1 Å². The molecule has 5 heteroatoms. The molecule has 1 heterocycles. The summed E-state index contributed by atoms with van der Waals surface area (Å²) in [5, 5.41) is 4.39. The zero-order valence-electron chi connectivity index (χ0n) is 7.17. The molecule has 0 unspecified atom stereocenters. The fourth-order valence-electron chi connectivity index (χ4n) is 0.919. The summed E-state index contributed by atoms with van der Waals surface area (Å²) in [5.74, 6) is 0. The first-order valence-electron chi connectivity index (χ1n) is 3.64. The van der Waals surface area contributed by atoms with Gasteiger partial charge in [-0.3, -0.25) is 4.68 Å². The Morgan fingerprint density at radius 1 is 1.67 bits per heavy atom. The number of nitrogens with two attached hydrogens (primary N) is 1. The largest absolute Gasteiger partial charge is 0.395 e. The summed E-state index contributed by atoms with van der Waals surface area (Å²) < 4.78 is 6.64. The minimum Gasteiger partial charge on any atom is -0.395 e. The van der Waals surface area contributed by atoms with Crippen LogP contribution in [0.3, 0.4) is 0 Å². The van der Waals surface area contributed by atoms with Crippen LogP contribution in [0.1, 0.15) is 5.69 Å². The number of nitrogens with zero attached hydrogens (tertiary/aromatic N) is 2. The van der Waals surface area contributed by atoms with E-state index in [0.29, 0.717) is 24.0 Å². The van der Waals surface area contributed by atoms with E-state index in [2.05, 4.69) is 5.10 Å². The molecule has 0 atom stereocenters. The zero-order chi connectivity index (χ0) is 9.14. The van der Waals surface area contributed by atoms with Crippen molar-refractivity contribution in [3.8, 4) is 0 Å². The Balaban J connectivity index is 2.79. The number of ether oxygens (including phenoxy) is 1. The van der Waals surface area contributed by atoms with E-state index in [1.165, 1.54) is 0 Å². The zero-order valence-corrected chi connectivity index (χ0v) is 7.93. The lowest BCUT2D eigenvalue weighted by atomic mass is 10.4. The van der Waals surface area contributed by atoms with Crippen molar-refractivity contribution in [2.24, 2.45) is 0 Å². The fourth-order valence-corrected chi connectivity index (χ4v) is 1.15. The van der Waals surface area contributed by atoms with E-state index in [0.717, 1.165) is 5.69 Å². The second-order valence-corrected chi connectivity index (χ2v) is 2.86. The molecule has 0 aliphatic rings. The Morgan fingerprint density at radius 2 is 2.33 bits per heavy atom. The van der Waals surface area contributed by atoms with Crippen molar-refractivity contribution in [3.63, 3.8) is 0 Å². The molecule has 68 valence electrons. The van der Waals surface area contributed by atoms with E-state index in [1.807, 2.05) is 6.92 Å². The summed E-state index contributed by atoms with van der Waals surface area (Å²) in [5.41, 5.74) is 7.05. The highest BCUT2D eigenvalue weighted by molar-refractivity contribution is 6.31. The molecular formula is C7H12ClN3O. The first-order chi connectivity index (χ1) is 5.66. The monoisotopic (exact) mass is 189 g/mol. The summed E-state index contributed by atoms with van der Waals surface area (Å²) in [6, 6.07) is 0. The third kappa shape index (κ3) is 1.70. The third-order valence-electron chi connectivity index (χ3n) is 1.71. The predicted molar refractivity (Wildman–Crippen MR) is 48.3 cm³/mol. The molecule has 0 aliphatic heterocycles. The van der Waals surface area contributed by atoms with Gasteiger partial charge in [0.05, 0.1) is 24.5 Å². The first-order valence-corrected chi connectivity index (χ1v) is 4.02. The highest BCUT2D eigenvalue weighted by atomic mass is 35.5. The minimum absolute atomic E-state index is 0.364. The van der Waals surface area contributed by atoms with Crippen LogP contribution in [0.4, 0.5) is 5.69 Å². The van der Waals surface area contributed by atoms with Crippen molar-refractivity contribution < 1.29 is 4.74 Å². The Hall–Kier alpha value is -0.740. The summed E-state index contributed by atoms with van der Waals surface area (Å²) in [4.78, 5) is 0. The van der Waals surface area contributed by atoms with Crippen LogP contribution >= 0.6 is 11.6 Å². The summed E-state index contributed by atoms with van der Waals surface area (Å²) in [7, 11) is 1.64. The Labute approximate surface area is 76.3 Å². The van der Waals surface area contributed by atoms with E-state index >= 15 is 0 Å². The van der Waals surface area contributed by atoms with Gasteiger partial charge in [-0.05, 0) is 6.92 Å². The number of nitrogen functional groups attached to an aromatic ring is 1. The van der Waals surface area contributed by atoms with Crippen LogP contribution in [-0.4, -0.2) is 23.5 Å². The van der Waals surface area contributed by atoms with Crippen molar-refractivity contribution >= 4 is 17.3 Å². The molecular weight excluding hydrogens is 178 g/mol. The lowest BCUT2D eigenvalue weighted by molar-refractivity contribution is 0.183. The van der Waals surface area contributed by atoms with Gasteiger partial charge in [-0.25, -0.2) is 0 Å². The second kappa shape index (κ2) is 3.78. The Morgan fingerprint density at radius 3 is 2.75 bits per heavy atom. The normalized spacial score (nSPS) is 10.6.